The molecule has 2 amide bonds. The SMILES string of the molecule is CC/C(=C\CC(=N)c1ccccc1)c1n[nH]c2c1CN(C(=O)NC1CCN(Cc3c(C)cccc3C)C1)CC2. The first kappa shape index (κ1) is 26.9. The number of hydrogen-bond acceptors (Lipinski definition) is 4. The molecule has 0 radical (unpaired) electrons. The molecule has 3 heterocycles. The van der Waals surface area contributed by atoms with Crippen molar-refractivity contribution in [2.75, 3.05) is 19.6 Å². The number of H-pyrrole nitrogens is 1. The van der Waals surface area contributed by atoms with E-state index in [0.717, 1.165) is 67.0 Å². The van der Waals surface area contributed by atoms with Crippen LogP contribution in [0.4, 0.5) is 4.79 Å². The molecule has 1 atom stereocenters. The molecule has 204 valence electrons. The first-order valence-electron chi connectivity index (χ1n) is 14.1. The second-order valence-electron chi connectivity index (χ2n) is 10.9. The number of fused-ring (bicyclic) bond motifs is 1. The number of carbonyl (C=O) groups excluding carboxylic acids is 1. The molecular weight excluding hydrogens is 484 g/mol. The lowest BCUT2D eigenvalue weighted by molar-refractivity contribution is 0.187. The van der Waals surface area contributed by atoms with Crippen molar-refractivity contribution in [1.29, 1.82) is 5.41 Å². The number of allylic oxidation sites excluding steroid dienone is 2. The van der Waals surface area contributed by atoms with Gasteiger partial charge in [0.05, 0.1) is 12.2 Å². The molecule has 7 nitrogen and oxygen atoms in total. The van der Waals surface area contributed by atoms with Gasteiger partial charge in [-0.25, -0.2) is 4.79 Å². The average Bonchev–Trinajstić information content (AvgIpc) is 3.58. The number of likely N-dealkylation sites (tertiary alicyclic amines) is 1. The minimum atomic E-state index is 0.0135. The van der Waals surface area contributed by atoms with Crippen molar-refractivity contribution < 1.29 is 4.79 Å². The Morgan fingerprint density at radius 1 is 1.13 bits per heavy atom. The van der Waals surface area contributed by atoms with Gasteiger partial charge in [0, 0.05) is 62.0 Å². The van der Waals surface area contributed by atoms with Gasteiger partial charge in [0.15, 0.2) is 0 Å². The standard InChI is InChI=1S/C32H40N6O/c1-4-24(13-14-29(33)25-11-6-5-7-12-25)31-28-21-38(18-16-30(28)35-36-31)32(39)34-26-15-17-37(19-26)20-27-22(2)9-8-10-23(27)3/h5-13,26,33H,4,14-21H2,1-3H3,(H,34,39)(H,35,36)/b24-13+,33-29?. The summed E-state index contributed by atoms with van der Waals surface area (Å²) in [7, 11) is 0. The third-order valence-electron chi connectivity index (χ3n) is 8.21. The lowest BCUT2D eigenvalue weighted by Crippen LogP contribution is -2.47. The summed E-state index contributed by atoms with van der Waals surface area (Å²) in [5.41, 5.74) is 9.88. The van der Waals surface area contributed by atoms with Crippen molar-refractivity contribution >= 4 is 17.3 Å². The average molecular weight is 525 g/mol. The highest BCUT2D eigenvalue weighted by molar-refractivity contribution is 5.99. The fourth-order valence-corrected chi connectivity index (χ4v) is 5.81. The van der Waals surface area contributed by atoms with Gasteiger partial charge >= 0.3 is 6.03 Å². The fourth-order valence-electron chi connectivity index (χ4n) is 5.81. The van der Waals surface area contributed by atoms with Gasteiger partial charge in [-0.3, -0.25) is 10.00 Å². The zero-order valence-corrected chi connectivity index (χ0v) is 23.4. The second kappa shape index (κ2) is 12.0. The Labute approximate surface area is 231 Å². The van der Waals surface area contributed by atoms with Gasteiger partial charge in [-0.1, -0.05) is 61.5 Å². The summed E-state index contributed by atoms with van der Waals surface area (Å²) >= 11 is 0. The van der Waals surface area contributed by atoms with E-state index in [9.17, 15) is 4.79 Å². The van der Waals surface area contributed by atoms with Gasteiger partial charge < -0.3 is 15.6 Å². The summed E-state index contributed by atoms with van der Waals surface area (Å²) in [6, 6.07) is 16.5. The summed E-state index contributed by atoms with van der Waals surface area (Å²) in [5, 5.41) is 19.6. The van der Waals surface area contributed by atoms with E-state index in [0.29, 0.717) is 25.2 Å². The molecule has 3 aromatic rings. The smallest absolute Gasteiger partial charge is 0.317 e. The van der Waals surface area contributed by atoms with Crippen molar-refractivity contribution in [3.63, 3.8) is 0 Å². The van der Waals surface area contributed by atoms with Gasteiger partial charge in [-0.2, -0.15) is 5.10 Å². The second-order valence-corrected chi connectivity index (χ2v) is 10.9. The maximum absolute atomic E-state index is 13.3. The summed E-state index contributed by atoms with van der Waals surface area (Å²) in [6.07, 6.45) is 5.25. The van der Waals surface area contributed by atoms with Crippen LogP contribution in [0.25, 0.3) is 5.57 Å². The van der Waals surface area contributed by atoms with Crippen molar-refractivity contribution in [3.8, 4) is 0 Å². The number of hydrogen-bond donors (Lipinski definition) is 3. The van der Waals surface area contributed by atoms with Gasteiger partial charge in [-0.05, 0) is 54.5 Å². The Morgan fingerprint density at radius 2 is 1.90 bits per heavy atom. The number of amides is 2. The molecule has 7 heteroatoms. The van der Waals surface area contributed by atoms with Crippen LogP contribution in [0, 0.1) is 19.3 Å². The number of rotatable bonds is 8. The largest absolute Gasteiger partial charge is 0.334 e. The van der Waals surface area contributed by atoms with Crippen LogP contribution in [-0.4, -0.2) is 57.4 Å². The Morgan fingerprint density at radius 3 is 2.64 bits per heavy atom. The van der Waals surface area contributed by atoms with Crippen LogP contribution in [0.15, 0.2) is 54.6 Å². The van der Waals surface area contributed by atoms with Crippen LogP contribution in [-0.2, 0) is 19.5 Å². The minimum absolute atomic E-state index is 0.0135. The Kier molecular flexibility index (Phi) is 8.27. The number of nitrogens with zero attached hydrogens (tertiary/aromatic N) is 3. The Bertz CT molecular complexity index is 1340. The zero-order chi connectivity index (χ0) is 27.4. The number of benzene rings is 2. The molecule has 1 unspecified atom stereocenters. The molecule has 3 N–H and O–H groups in total. The fraction of sp³-hybridized carbons (Fsp3) is 0.406. The molecule has 1 saturated heterocycles. The predicted molar refractivity (Wildman–Crippen MR) is 157 cm³/mol. The number of aromatic nitrogens is 2. The molecule has 1 fully saturated rings. The van der Waals surface area contributed by atoms with E-state index in [4.69, 9.17) is 5.41 Å². The molecule has 2 aliphatic heterocycles. The van der Waals surface area contributed by atoms with Crippen LogP contribution in [0.2, 0.25) is 0 Å². The summed E-state index contributed by atoms with van der Waals surface area (Å²) < 4.78 is 0. The highest BCUT2D eigenvalue weighted by atomic mass is 16.2. The third kappa shape index (κ3) is 6.14. The summed E-state index contributed by atoms with van der Waals surface area (Å²) in [4.78, 5) is 17.7. The van der Waals surface area contributed by atoms with E-state index in [1.807, 2.05) is 35.2 Å². The van der Waals surface area contributed by atoms with Crippen molar-refractivity contribution in [2.45, 2.75) is 65.6 Å². The summed E-state index contributed by atoms with van der Waals surface area (Å²) in [5.74, 6) is 0. The first-order chi connectivity index (χ1) is 18.9. The molecular formula is C32H40N6O. The van der Waals surface area contributed by atoms with Crippen molar-refractivity contribution in [2.24, 2.45) is 0 Å². The highest BCUT2D eigenvalue weighted by Crippen LogP contribution is 2.28. The molecule has 2 aromatic carbocycles. The van der Waals surface area contributed by atoms with Crippen molar-refractivity contribution in [3.05, 3.63) is 93.8 Å². The molecule has 39 heavy (non-hydrogen) atoms. The number of aromatic amines is 1. The number of nitrogens with one attached hydrogen (secondary N) is 3. The molecule has 0 bridgehead atoms. The highest BCUT2D eigenvalue weighted by Gasteiger charge is 2.30. The molecule has 0 spiro atoms. The Hall–Kier alpha value is -3.71. The van der Waals surface area contributed by atoms with Gasteiger partial charge in [-0.15, -0.1) is 0 Å². The van der Waals surface area contributed by atoms with E-state index < -0.39 is 0 Å². The normalized spacial score (nSPS) is 17.8. The molecule has 0 aliphatic carbocycles. The predicted octanol–water partition coefficient (Wildman–Crippen LogP) is 5.62. The van der Waals surface area contributed by atoms with Crippen LogP contribution >= 0.6 is 0 Å². The van der Waals surface area contributed by atoms with E-state index in [-0.39, 0.29) is 12.1 Å². The zero-order valence-electron chi connectivity index (χ0n) is 23.4. The number of aryl methyl sites for hydroxylation is 2. The Balaban J connectivity index is 1.20. The molecule has 1 aromatic heterocycles. The van der Waals surface area contributed by atoms with Gasteiger partial charge in [0.1, 0.15) is 0 Å². The maximum Gasteiger partial charge on any atom is 0.317 e. The van der Waals surface area contributed by atoms with Crippen LogP contribution in [0.3, 0.4) is 0 Å². The lowest BCUT2D eigenvalue weighted by atomic mass is 9.98. The van der Waals surface area contributed by atoms with E-state index >= 15 is 0 Å². The topological polar surface area (TPSA) is 88.1 Å². The number of carbonyl (C=O) groups is 1. The first-order valence-corrected chi connectivity index (χ1v) is 14.1. The van der Waals surface area contributed by atoms with Crippen LogP contribution < -0.4 is 5.32 Å². The lowest BCUT2D eigenvalue weighted by Gasteiger charge is -2.29. The van der Waals surface area contributed by atoms with Gasteiger partial charge in [0.25, 0.3) is 0 Å². The number of urea groups is 1. The quantitative estimate of drug-likeness (QED) is 0.334. The van der Waals surface area contributed by atoms with Crippen LogP contribution in [0.1, 0.15) is 65.4 Å². The van der Waals surface area contributed by atoms with E-state index in [1.54, 1.807) is 0 Å². The third-order valence-corrected chi connectivity index (χ3v) is 8.21. The monoisotopic (exact) mass is 524 g/mol. The molecule has 0 saturated carbocycles. The van der Waals surface area contributed by atoms with Crippen molar-refractivity contribution in [1.82, 2.24) is 25.3 Å². The van der Waals surface area contributed by atoms with Crippen LogP contribution in [0.5, 0.6) is 0 Å². The molecule has 2 aliphatic rings. The minimum Gasteiger partial charge on any atom is -0.334 e. The van der Waals surface area contributed by atoms with E-state index in [1.165, 1.54) is 16.7 Å². The van der Waals surface area contributed by atoms with E-state index in [2.05, 4.69) is 65.5 Å². The summed E-state index contributed by atoms with van der Waals surface area (Å²) in [6.45, 7) is 10.5. The van der Waals surface area contributed by atoms with Gasteiger partial charge in [0.2, 0.25) is 0 Å². The molecule has 5 rings (SSSR count). The maximum atomic E-state index is 13.3.